The summed E-state index contributed by atoms with van der Waals surface area (Å²) in [6.07, 6.45) is 3.49. The minimum absolute atomic E-state index is 0.116. The van der Waals surface area contributed by atoms with E-state index in [4.69, 9.17) is 9.47 Å². The van der Waals surface area contributed by atoms with E-state index in [0.717, 1.165) is 18.7 Å². The van der Waals surface area contributed by atoms with E-state index >= 15 is 0 Å². The lowest BCUT2D eigenvalue weighted by molar-refractivity contribution is -0.148. The lowest BCUT2D eigenvalue weighted by Gasteiger charge is -2.28. The zero-order chi connectivity index (χ0) is 15.1. The molecule has 21 heavy (non-hydrogen) atoms. The summed E-state index contributed by atoms with van der Waals surface area (Å²) in [4.78, 5) is 14.2. The Labute approximate surface area is 126 Å². The zero-order valence-corrected chi connectivity index (χ0v) is 12.8. The van der Waals surface area contributed by atoms with Crippen molar-refractivity contribution in [2.75, 3.05) is 32.2 Å². The molecular formula is C16H24N2O3. The van der Waals surface area contributed by atoms with Gasteiger partial charge in [-0.15, -0.1) is 0 Å². The molecular weight excluding hydrogens is 268 g/mol. The molecule has 1 aromatic carbocycles. The summed E-state index contributed by atoms with van der Waals surface area (Å²) in [5.41, 5.74) is 2.23. The predicted octanol–water partition coefficient (Wildman–Crippen LogP) is 1.91. The second kappa shape index (κ2) is 8.00. The van der Waals surface area contributed by atoms with Crippen LogP contribution >= 0.6 is 0 Å². The van der Waals surface area contributed by atoms with Gasteiger partial charge in [-0.1, -0.05) is 12.1 Å². The largest absolute Gasteiger partial charge is 0.372 e. The molecule has 0 unspecified atom stereocenters. The molecule has 0 spiro atoms. The van der Waals surface area contributed by atoms with E-state index in [-0.39, 0.29) is 5.91 Å². The summed E-state index contributed by atoms with van der Waals surface area (Å²) in [5.74, 6) is -0.116. The van der Waals surface area contributed by atoms with Gasteiger partial charge in [0.15, 0.2) is 0 Å². The molecule has 0 bridgehead atoms. The van der Waals surface area contributed by atoms with Crippen molar-refractivity contribution in [3.63, 3.8) is 0 Å². The first-order chi connectivity index (χ1) is 10.2. The Morgan fingerprint density at radius 3 is 2.33 bits per heavy atom. The summed E-state index contributed by atoms with van der Waals surface area (Å²) in [5, 5.41) is 2.65. The third kappa shape index (κ3) is 4.72. The predicted molar refractivity (Wildman–Crippen MR) is 82.2 cm³/mol. The van der Waals surface area contributed by atoms with E-state index in [2.05, 4.69) is 22.3 Å². The van der Waals surface area contributed by atoms with Crippen LogP contribution in [0.1, 0.15) is 24.8 Å². The van der Waals surface area contributed by atoms with Gasteiger partial charge in [-0.3, -0.25) is 4.79 Å². The molecule has 0 saturated carbocycles. The van der Waals surface area contributed by atoms with E-state index < -0.39 is 6.41 Å². The van der Waals surface area contributed by atoms with Gasteiger partial charge >= 0.3 is 0 Å². The maximum atomic E-state index is 11.8. The fourth-order valence-corrected chi connectivity index (χ4v) is 2.56. The average Bonchev–Trinajstić information content (AvgIpc) is 2.54. The molecule has 1 aliphatic heterocycles. The summed E-state index contributed by atoms with van der Waals surface area (Å²) < 4.78 is 9.89. The van der Waals surface area contributed by atoms with Crippen LogP contribution in [0.25, 0.3) is 0 Å². The van der Waals surface area contributed by atoms with Crippen molar-refractivity contribution in [1.29, 1.82) is 0 Å². The van der Waals surface area contributed by atoms with Gasteiger partial charge in [0.05, 0.1) is 6.42 Å². The number of hydrogen-bond donors (Lipinski definition) is 1. The number of amides is 1. The van der Waals surface area contributed by atoms with Gasteiger partial charge in [0.1, 0.15) is 0 Å². The first-order valence-electron chi connectivity index (χ1n) is 7.42. The number of hydrogen-bond acceptors (Lipinski definition) is 4. The van der Waals surface area contributed by atoms with Gasteiger partial charge < -0.3 is 19.7 Å². The fourth-order valence-electron chi connectivity index (χ4n) is 2.56. The van der Waals surface area contributed by atoms with Gasteiger partial charge in [-0.2, -0.15) is 0 Å². The third-order valence-corrected chi connectivity index (χ3v) is 3.73. The highest BCUT2D eigenvalue weighted by Gasteiger charge is 2.12. The quantitative estimate of drug-likeness (QED) is 0.814. The number of nitrogens with zero attached hydrogens (tertiary/aromatic N) is 1. The van der Waals surface area contributed by atoms with E-state index in [1.165, 1.54) is 39.2 Å². The van der Waals surface area contributed by atoms with Gasteiger partial charge in [0.2, 0.25) is 12.3 Å². The van der Waals surface area contributed by atoms with Crippen LogP contribution in [0, 0.1) is 0 Å². The standard InChI is InChI=1S/C16H24N2O3/c1-20-16(21-2)17-15(19)12-13-6-8-14(9-7-13)18-10-4-3-5-11-18/h6-9,16H,3-5,10-12H2,1-2H3,(H,17,19). The highest BCUT2D eigenvalue weighted by molar-refractivity contribution is 5.78. The topological polar surface area (TPSA) is 50.8 Å². The third-order valence-electron chi connectivity index (χ3n) is 3.73. The molecule has 116 valence electrons. The number of rotatable bonds is 6. The maximum absolute atomic E-state index is 11.8. The lowest BCUT2D eigenvalue weighted by atomic mass is 10.1. The Morgan fingerprint density at radius 2 is 1.76 bits per heavy atom. The molecule has 0 aliphatic carbocycles. The van der Waals surface area contributed by atoms with Crippen LogP contribution in [0.2, 0.25) is 0 Å². The van der Waals surface area contributed by atoms with Crippen molar-refractivity contribution in [2.24, 2.45) is 0 Å². The molecule has 0 atom stereocenters. The van der Waals surface area contributed by atoms with Gasteiger partial charge in [0.25, 0.3) is 0 Å². The van der Waals surface area contributed by atoms with Crippen LogP contribution in [0.5, 0.6) is 0 Å². The van der Waals surface area contributed by atoms with E-state index in [1.807, 2.05) is 12.1 Å². The number of ether oxygens (including phenoxy) is 2. The van der Waals surface area contributed by atoms with Crippen LogP contribution in [-0.2, 0) is 20.7 Å². The van der Waals surface area contributed by atoms with Crippen molar-refractivity contribution in [3.8, 4) is 0 Å². The summed E-state index contributed by atoms with van der Waals surface area (Å²) in [7, 11) is 2.98. The van der Waals surface area contributed by atoms with Gasteiger partial charge in [0, 0.05) is 33.0 Å². The molecule has 1 amide bonds. The number of carbonyl (C=O) groups excluding carboxylic acids is 1. The van der Waals surface area contributed by atoms with Gasteiger partial charge in [-0.25, -0.2) is 0 Å². The Balaban J connectivity index is 1.88. The number of carbonyl (C=O) groups is 1. The van der Waals surface area contributed by atoms with Crippen LogP contribution in [0.15, 0.2) is 24.3 Å². The molecule has 5 nitrogen and oxygen atoms in total. The van der Waals surface area contributed by atoms with Crippen LogP contribution in [-0.4, -0.2) is 39.6 Å². The van der Waals surface area contributed by atoms with E-state index in [0.29, 0.717) is 6.42 Å². The molecule has 1 fully saturated rings. The number of benzene rings is 1. The molecule has 5 heteroatoms. The van der Waals surface area contributed by atoms with Crippen molar-refractivity contribution < 1.29 is 14.3 Å². The summed E-state index contributed by atoms with van der Waals surface area (Å²) in [6, 6.07) is 8.21. The number of piperidine rings is 1. The first-order valence-corrected chi connectivity index (χ1v) is 7.42. The zero-order valence-electron chi connectivity index (χ0n) is 12.8. The molecule has 2 rings (SSSR count). The van der Waals surface area contributed by atoms with Crippen LogP contribution in [0.3, 0.4) is 0 Å². The lowest BCUT2D eigenvalue weighted by Crippen LogP contribution is -2.38. The van der Waals surface area contributed by atoms with Crippen LogP contribution in [0.4, 0.5) is 5.69 Å². The minimum Gasteiger partial charge on any atom is -0.372 e. The molecule has 1 N–H and O–H groups in total. The Kier molecular flexibility index (Phi) is 6.02. The van der Waals surface area contributed by atoms with Crippen molar-refractivity contribution in [1.82, 2.24) is 5.32 Å². The molecule has 0 radical (unpaired) electrons. The number of nitrogens with one attached hydrogen (secondary N) is 1. The fraction of sp³-hybridized carbons (Fsp3) is 0.562. The highest BCUT2D eigenvalue weighted by atomic mass is 16.7. The van der Waals surface area contributed by atoms with E-state index in [9.17, 15) is 4.79 Å². The SMILES string of the molecule is COC(NC(=O)Cc1ccc(N2CCCCC2)cc1)OC. The second-order valence-corrected chi connectivity index (χ2v) is 5.26. The molecule has 0 aromatic heterocycles. The van der Waals surface area contributed by atoms with Crippen molar-refractivity contribution >= 4 is 11.6 Å². The molecule has 1 heterocycles. The first kappa shape index (κ1) is 15.8. The van der Waals surface area contributed by atoms with Crippen molar-refractivity contribution in [2.45, 2.75) is 32.1 Å². The average molecular weight is 292 g/mol. The summed E-state index contributed by atoms with van der Waals surface area (Å²) >= 11 is 0. The normalized spacial score (nSPS) is 15.3. The highest BCUT2D eigenvalue weighted by Crippen LogP contribution is 2.20. The molecule has 1 aliphatic rings. The second-order valence-electron chi connectivity index (χ2n) is 5.26. The number of methoxy groups -OCH3 is 2. The molecule has 1 saturated heterocycles. The Bertz CT molecular complexity index is 437. The number of anilines is 1. The minimum atomic E-state index is -0.690. The monoisotopic (exact) mass is 292 g/mol. The van der Waals surface area contributed by atoms with Crippen molar-refractivity contribution in [3.05, 3.63) is 29.8 Å². The van der Waals surface area contributed by atoms with Gasteiger partial charge in [-0.05, 0) is 37.0 Å². The maximum Gasteiger partial charge on any atom is 0.239 e. The summed E-state index contributed by atoms with van der Waals surface area (Å²) in [6.45, 7) is 2.26. The smallest absolute Gasteiger partial charge is 0.239 e. The van der Waals surface area contributed by atoms with Crippen LogP contribution < -0.4 is 10.2 Å². The Hall–Kier alpha value is -1.59. The van der Waals surface area contributed by atoms with E-state index in [1.54, 1.807) is 0 Å². The Morgan fingerprint density at radius 1 is 1.14 bits per heavy atom. The molecule has 1 aromatic rings.